The molecule has 21 heavy (non-hydrogen) atoms. The van der Waals surface area contributed by atoms with E-state index in [1.807, 2.05) is 42.5 Å². The number of rotatable bonds is 4. The lowest BCUT2D eigenvalue weighted by Gasteiger charge is -2.30. The predicted octanol–water partition coefficient (Wildman–Crippen LogP) is 4.32. The third kappa shape index (κ3) is 3.77. The molecule has 0 heterocycles. The van der Waals surface area contributed by atoms with Gasteiger partial charge in [0, 0.05) is 22.7 Å². The fourth-order valence-electron chi connectivity index (χ4n) is 2.18. The lowest BCUT2D eigenvalue weighted by molar-refractivity contribution is 0.681. The van der Waals surface area contributed by atoms with E-state index in [9.17, 15) is 0 Å². The van der Waals surface area contributed by atoms with Crippen molar-refractivity contribution in [3.63, 3.8) is 0 Å². The monoisotopic (exact) mass is 343 g/mol. The summed E-state index contributed by atoms with van der Waals surface area (Å²) >= 11 is 3.57. The van der Waals surface area contributed by atoms with Crippen LogP contribution in [0.25, 0.3) is 0 Å². The maximum absolute atomic E-state index is 8.97. The first-order valence-corrected chi connectivity index (χ1v) is 7.61. The number of anilines is 2. The molecule has 0 saturated heterocycles. The van der Waals surface area contributed by atoms with Crippen LogP contribution in [0.15, 0.2) is 46.9 Å². The normalized spacial score (nSPS) is 10.4. The summed E-state index contributed by atoms with van der Waals surface area (Å²) in [5, 5.41) is 8.97. The van der Waals surface area contributed by atoms with Gasteiger partial charge in [0.2, 0.25) is 0 Å². The Hall–Kier alpha value is -1.99. The summed E-state index contributed by atoms with van der Waals surface area (Å²) in [5.41, 5.74) is 9.45. The van der Waals surface area contributed by atoms with Gasteiger partial charge in [0.05, 0.1) is 17.3 Å². The number of hydrogen-bond donors (Lipinski definition) is 1. The zero-order valence-corrected chi connectivity index (χ0v) is 13.8. The molecule has 0 aliphatic carbocycles. The number of nitrogen functional groups attached to an aromatic ring is 1. The summed E-state index contributed by atoms with van der Waals surface area (Å²) in [6, 6.07) is 16.1. The molecule has 0 atom stereocenters. The maximum atomic E-state index is 8.97. The van der Waals surface area contributed by atoms with E-state index in [1.54, 1.807) is 0 Å². The summed E-state index contributed by atoms with van der Waals surface area (Å²) < 4.78 is 0.936. The highest BCUT2D eigenvalue weighted by Crippen LogP contribution is 2.30. The average molecular weight is 344 g/mol. The van der Waals surface area contributed by atoms with E-state index >= 15 is 0 Å². The molecule has 0 unspecified atom stereocenters. The van der Waals surface area contributed by atoms with Gasteiger partial charge in [0.15, 0.2) is 0 Å². The zero-order chi connectivity index (χ0) is 15.4. The van der Waals surface area contributed by atoms with Crippen LogP contribution < -0.4 is 10.6 Å². The molecule has 108 valence electrons. The molecule has 0 saturated carbocycles. The molecular weight excluding hydrogens is 326 g/mol. The molecule has 2 rings (SSSR count). The van der Waals surface area contributed by atoms with Crippen molar-refractivity contribution < 1.29 is 0 Å². The van der Waals surface area contributed by atoms with E-state index < -0.39 is 0 Å². The molecule has 2 aromatic rings. The summed E-state index contributed by atoms with van der Waals surface area (Å²) in [4.78, 5) is 2.29. The molecule has 0 spiro atoms. The van der Waals surface area contributed by atoms with E-state index in [4.69, 9.17) is 11.0 Å². The van der Waals surface area contributed by atoms with Crippen molar-refractivity contribution in [1.82, 2.24) is 0 Å². The fraction of sp³-hybridized carbons (Fsp3) is 0.235. The molecule has 0 amide bonds. The highest BCUT2D eigenvalue weighted by atomic mass is 79.9. The second-order valence-electron chi connectivity index (χ2n) is 5.24. The standard InChI is InChI=1S/C17H18BrN3/c1-12(2)21(11-13-3-6-15(20)7-4-13)17-8-5-14(10-19)9-16(17)18/h3-9,12H,11,20H2,1-2H3. The number of benzene rings is 2. The number of nitrogens with zero attached hydrogens (tertiary/aromatic N) is 2. The van der Waals surface area contributed by atoms with Gasteiger partial charge in [-0.15, -0.1) is 0 Å². The first-order valence-electron chi connectivity index (χ1n) is 6.82. The van der Waals surface area contributed by atoms with Crippen molar-refractivity contribution in [3.05, 3.63) is 58.1 Å². The molecule has 0 fully saturated rings. The van der Waals surface area contributed by atoms with Gasteiger partial charge in [0.25, 0.3) is 0 Å². The SMILES string of the molecule is CC(C)N(Cc1ccc(N)cc1)c1ccc(C#N)cc1Br. The molecule has 0 aromatic heterocycles. The van der Waals surface area contributed by atoms with E-state index in [0.717, 1.165) is 22.4 Å². The van der Waals surface area contributed by atoms with Crippen molar-refractivity contribution in [2.75, 3.05) is 10.6 Å². The minimum Gasteiger partial charge on any atom is -0.399 e. The highest BCUT2D eigenvalue weighted by molar-refractivity contribution is 9.10. The highest BCUT2D eigenvalue weighted by Gasteiger charge is 2.14. The van der Waals surface area contributed by atoms with Gasteiger partial charge in [-0.3, -0.25) is 0 Å². The van der Waals surface area contributed by atoms with Gasteiger partial charge in [0.1, 0.15) is 0 Å². The molecule has 0 aliphatic heterocycles. The summed E-state index contributed by atoms with van der Waals surface area (Å²) in [6.07, 6.45) is 0. The van der Waals surface area contributed by atoms with E-state index in [0.29, 0.717) is 11.6 Å². The Balaban J connectivity index is 2.31. The van der Waals surface area contributed by atoms with Crippen LogP contribution in [0.3, 0.4) is 0 Å². The second kappa shape index (κ2) is 6.64. The summed E-state index contributed by atoms with van der Waals surface area (Å²) in [6.45, 7) is 5.10. The van der Waals surface area contributed by atoms with Crippen LogP contribution in [0.4, 0.5) is 11.4 Å². The molecule has 2 N–H and O–H groups in total. The van der Waals surface area contributed by atoms with Crippen LogP contribution in [-0.4, -0.2) is 6.04 Å². The van der Waals surface area contributed by atoms with E-state index in [-0.39, 0.29) is 0 Å². The van der Waals surface area contributed by atoms with Crippen LogP contribution in [-0.2, 0) is 6.54 Å². The third-order valence-electron chi connectivity index (χ3n) is 3.34. The van der Waals surface area contributed by atoms with Gasteiger partial charge in [-0.25, -0.2) is 0 Å². The Morgan fingerprint density at radius 3 is 2.38 bits per heavy atom. The Morgan fingerprint density at radius 1 is 1.19 bits per heavy atom. The minimum atomic E-state index is 0.340. The van der Waals surface area contributed by atoms with Crippen molar-refractivity contribution in [3.8, 4) is 6.07 Å². The van der Waals surface area contributed by atoms with Gasteiger partial charge >= 0.3 is 0 Å². The van der Waals surface area contributed by atoms with Gasteiger partial charge in [-0.05, 0) is 65.7 Å². The molecule has 2 aromatic carbocycles. The number of nitrogens with two attached hydrogens (primary N) is 1. The van der Waals surface area contributed by atoms with Crippen molar-refractivity contribution in [2.45, 2.75) is 26.4 Å². The smallest absolute Gasteiger partial charge is 0.0992 e. The van der Waals surface area contributed by atoms with Crippen LogP contribution in [0.5, 0.6) is 0 Å². The van der Waals surface area contributed by atoms with Crippen LogP contribution >= 0.6 is 15.9 Å². The van der Waals surface area contributed by atoms with Crippen LogP contribution in [0.2, 0.25) is 0 Å². The lowest BCUT2D eigenvalue weighted by atomic mass is 10.1. The largest absolute Gasteiger partial charge is 0.399 e. The summed E-state index contributed by atoms with van der Waals surface area (Å²) in [5.74, 6) is 0. The average Bonchev–Trinajstić information content (AvgIpc) is 2.46. The van der Waals surface area contributed by atoms with Gasteiger partial charge < -0.3 is 10.6 Å². The first kappa shape index (κ1) is 15.4. The quantitative estimate of drug-likeness (QED) is 0.841. The van der Waals surface area contributed by atoms with Crippen LogP contribution in [0, 0.1) is 11.3 Å². The van der Waals surface area contributed by atoms with Gasteiger partial charge in [-0.1, -0.05) is 12.1 Å². The Morgan fingerprint density at radius 2 is 1.86 bits per heavy atom. The Labute approximate surface area is 134 Å². The molecule has 3 nitrogen and oxygen atoms in total. The number of nitriles is 1. The van der Waals surface area contributed by atoms with Crippen molar-refractivity contribution in [1.29, 1.82) is 5.26 Å². The number of halogens is 1. The van der Waals surface area contributed by atoms with E-state index in [1.165, 1.54) is 5.56 Å². The van der Waals surface area contributed by atoms with Gasteiger partial charge in [-0.2, -0.15) is 5.26 Å². The topological polar surface area (TPSA) is 53.0 Å². The maximum Gasteiger partial charge on any atom is 0.0992 e. The Kier molecular flexibility index (Phi) is 4.87. The zero-order valence-electron chi connectivity index (χ0n) is 12.2. The predicted molar refractivity (Wildman–Crippen MR) is 91.0 cm³/mol. The third-order valence-corrected chi connectivity index (χ3v) is 3.98. The van der Waals surface area contributed by atoms with Crippen molar-refractivity contribution >= 4 is 27.3 Å². The minimum absolute atomic E-state index is 0.340. The lowest BCUT2D eigenvalue weighted by Crippen LogP contribution is -2.30. The molecule has 0 bridgehead atoms. The van der Waals surface area contributed by atoms with Crippen molar-refractivity contribution in [2.24, 2.45) is 0 Å². The van der Waals surface area contributed by atoms with Crippen LogP contribution in [0.1, 0.15) is 25.0 Å². The second-order valence-corrected chi connectivity index (χ2v) is 6.10. The summed E-state index contributed by atoms with van der Waals surface area (Å²) in [7, 11) is 0. The molecular formula is C17H18BrN3. The first-order chi connectivity index (χ1) is 10.0. The Bertz CT molecular complexity index is 657. The number of hydrogen-bond acceptors (Lipinski definition) is 3. The molecule has 0 aliphatic rings. The fourth-order valence-corrected chi connectivity index (χ4v) is 2.78. The van der Waals surface area contributed by atoms with E-state index in [2.05, 4.69) is 40.7 Å². The molecule has 4 heteroatoms. The molecule has 0 radical (unpaired) electrons.